The van der Waals surface area contributed by atoms with Gasteiger partial charge in [-0.2, -0.15) is 13.2 Å². The van der Waals surface area contributed by atoms with Gasteiger partial charge in [-0.15, -0.1) is 0 Å². The largest absolute Gasteiger partial charge is 0.406 e. The summed E-state index contributed by atoms with van der Waals surface area (Å²) < 4.78 is 37.3. The summed E-state index contributed by atoms with van der Waals surface area (Å²) in [5.41, 5.74) is 2.11. The summed E-state index contributed by atoms with van der Waals surface area (Å²) in [6.45, 7) is 0.927. The molecule has 0 unspecified atom stereocenters. The first-order valence-corrected chi connectivity index (χ1v) is 6.56. The van der Waals surface area contributed by atoms with Gasteiger partial charge >= 0.3 is 6.18 Å². The van der Waals surface area contributed by atoms with Crippen molar-refractivity contribution in [1.29, 1.82) is 0 Å². The molecule has 1 aliphatic heterocycles. The molecule has 0 saturated carbocycles. The molecule has 0 radical (unpaired) electrons. The van der Waals surface area contributed by atoms with Crippen LogP contribution in [0.5, 0.6) is 0 Å². The third kappa shape index (κ3) is 3.50. The van der Waals surface area contributed by atoms with Crippen LogP contribution in [-0.2, 0) is 17.8 Å². The number of nitrogens with zero attached hydrogens (tertiary/aromatic N) is 1. The van der Waals surface area contributed by atoms with Crippen molar-refractivity contribution >= 4 is 5.91 Å². The Bertz CT molecular complexity index is 488. The molecule has 1 aromatic rings. The second-order valence-corrected chi connectivity index (χ2v) is 4.87. The predicted molar refractivity (Wildman–Crippen MR) is 69.1 cm³/mol. The standard InChI is InChI=1S/C14H17F3N2O/c1-2-19(9-14(15,16)17)13(20)12-7-10-5-3-4-6-11(10)8-18-12/h3-6,12,18H,2,7-9H2,1H3/t12-/m1/s1. The van der Waals surface area contributed by atoms with Gasteiger partial charge in [-0.05, 0) is 24.5 Å². The molecule has 6 heteroatoms. The Morgan fingerprint density at radius 1 is 1.35 bits per heavy atom. The van der Waals surface area contributed by atoms with Gasteiger partial charge in [0.15, 0.2) is 0 Å². The molecule has 1 N–H and O–H groups in total. The van der Waals surface area contributed by atoms with Crippen molar-refractivity contribution in [3.05, 3.63) is 35.4 Å². The van der Waals surface area contributed by atoms with Crippen molar-refractivity contribution in [3.8, 4) is 0 Å². The van der Waals surface area contributed by atoms with E-state index in [1.54, 1.807) is 6.92 Å². The number of nitrogens with one attached hydrogen (secondary N) is 1. The highest BCUT2D eigenvalue weighted by Crippen LogP contribution is 2.20. The van der Waals surface area contributed by atoms with E-state index < -0.39 is 24.7 Å². The molecule has 20 heavy (non-hydrogen) atoms. The number of rotatable bonds is 3. The molecule has 2 rings (SSSR count). The first kappa shape index (κ1) is 14.8. The number of hydrogen-bond donors (Lipinski definition) is 1. The molecule has 1 atom stereocenters. The second kappa shape index (κ2) is 5.83. The van der Waals surface area contributed by atoms with Gasteiger partial charge in [-0.25, -0.2) is 0 Å². The van der Waals surface area contributed by atoms with Gasteiger partial charge in [-0.3, -0.25) is 4.79 Å². The van der Waals surface area contributed by atoms with Gasteiger partial charge in [0.1, 0.15) is 6.54 Å². The van der Waals surface area contributed by atoms with E-state index in [1.165, 1.54) is 0 Å². The van der Waals surface area contributed by atoms with Crippen molar-refractivity contribution < 1.29 is 18.0 Å². The van der Waals surface area contributed by atoms with E-state index in [2.05, 4.69) is 5.32 Å². The zero-order chi connectivity index (χ0) is 14.8. The van der Waals surface area contributed by atoms with E-state index in [1.807, 2.05) is 24.3 Å². The monoisotopic (exact) mass is 286 g/mol. The number of hydrogen-bond acceptors (Lipinski definition) is 2. The van der Waals surface area contributed by atoms with E-state index in [4.69, 9.17) is 0 Å². The molecule has 1 aromatic carbocycles. The smallest absolute Gasteiger partial charge is 0.333 e. The third-order valence-electron chi connectivity index (χ3n) is 3.44. The van der Waals surface area contributed by atoms with Crippen LogP contribution >= 0.6 is 0 Å². The van der Waals surface area contributed by atoms with Crippen molar-refractivity contribution in [2.45, 2.75) is 32.1 Å². The van der Waals surface area contributed by atoms with E-state index in [0.717, 1.165) is 16.0 Å². The first-order chi connectivity index (χ1) is 9.40. The van der Waals surface area contributed by atoms with Gasteiger partial charge in [-0.1, -0.05) is 24.3 Å². The SMILES string of the molecule is CCN(CC(F)(F)F)C(=O)[C@H]1Cc2ccccc2CN1. The lowest BCUT2D eigenvalue weighted by Crippen LogP contribution is -2.51. The molecule has 3 nitrogen and oxygen atoms in total. The Hall–Kier alpha value is -1.56. The summed E-state index contributed by atoms with van der Waals surface area (Å²) >= 11 is 0. The zero-order valence-corrected chi connectivity index (χ0v) is 11.2. The Balaban J connectivity index is 2.07. The number of halogens is 3. The summed E-state index contributed by atoms with van der Waals surface area (Å²) in [4.78, 5) is 13.0. The number of carbonyl (C=O) groups excluding carboxylic acids is 1. The Labute approximate surface area is 115 Å². The molecule has 0 saturated heterocycles. The fraction of sp³-hybridized carbons (Fsp3) is 0.500. The predicted octanol–water partition coefficient (Wildman–Crippen LogP) is 2.11. The fourth-order valence-electron chi connectivity index (χ4n) is 2.41. The van der Waals surface area contributed by atoms with E-state index >= 15 is 0 Å². The van der Waals surface area contributed by atoms with Crippen LogP contribution in [0.2, 0.25) is 0 Å². The maximum atomic E-state index is 12.4. The Morgan fingerprint density at radius 2 is 2.00 bits per heavy atom. The van der Waals surface area contributed by atoms with Crippen LogP contribution in [0, 0.1) is 0 Å². The van der Waals surface area contributed by atoms with Crippen LogP contribution in [0.25, 0.3) is 0 Å². The quantitative estimate of drug-likeness (QED) is 0.923. The molecule has 0 aliphatic carbocycles. The van der Waals surface area contributed by atoms with E-state index in [-0.39, 0.29) is 6.54 Å². The van der Waals surface area contributed by atoms with Crippen LogP contribution in [-0.4, -0.2) is 36.1 Å². The number of carbonyl (C=O) groups is 1. The van der Waals surface area contributed by atoms with Crippen LogP contribution in [0.3, 0.4) is 0 Å². The van der Waals surface area contributed by atoms with Crippen molar-refractivity contribution in [3.63, 3.8) is 0 Å². The minimum atomic E-state index is -4.36. The first-order valence-electron chi connectivity index (χ1n) is 6.56. The highest BCUT2D eigenvalue weighted by atomic mass is 19.4. The summed E-state index contributed by atoms with van der Waals surface area (Å²) in [6, 6.07) is 7.07. The molecule has 110 valence electrons. The van der Waals surface area contributed by atoms with Gasteiger partial charge < -0.3 is 10.2 Å². The maximum absolute atomic E-state index is 12.4. The average Bonchev–Trinajstić information content (AvgIpc) is 2.42. The van der Waals surface area contributed by atoms with Gasteiger partial charge in [0.25, 0.3) is 0 Å². The number of amides is 1. The van der Waals surface area contributed by atoms with E-state index in [0.29, 0.717) is 13.0 Å². The molecule has 0 spiro atoms. The normalized spacial score (nSPS) is 18.5. The summed E-state index contributed by atoms with van der Waals surface area (Å²) in [5, 5.41) is 3.02. The van der Waals surface area contributed by atoms with Crippen LogP contribution in [0.15, 0.2) is 24.3 Å². The van der Waals surface area contributed by atoms with Crippen LogP contribution in [0.4, 0.5) is 13.2 Å². The summed E-state index contributed by atoms with van der Waals surface area (Å²) in [6.07, 6.45) is -3.93. The zero-order valence-electron chi connectivity index (χ0n) is 11.2. The third-order valence-corrected chi connectivity index (χ3v) is 3.44. The summed E-state index contributed by atoms with van der Waals surface area (Å²) in [7, 11) is 0. The second-order valence-electron chi connectivity index (χ2n) is 4.87. The lowest BCUT2D eigenvalue weighted by Gasteiger charge is -2.30. The molecule has 1 amide bonds. The maximum Gasteiger partial charge on any atom is 0.406 e. The van der Waals surface area contributed by atoms with Gasteiger partial charge in [0.05, 0.1) is 6.04 Å². The minimum absolute atomic E-state index is 0.0537. The highest BCUT2D eigenvalue weighted by molar-refractivity contribution is 5.82. The summed E-state index contributed by atoms with van der Waals surface area (Å²) in [5.74, 6) is -0.487. The molecule has 0 bridgehead atoms. The minimum Gasteiger partial charge on any atom is -0.333 e. The topological polar surface area (TPSA) is 32.3 Å². The van der Waals surface area contributed by atoms with Crippen LogP contribution < -0.4 is 5.32 Å². The number of alkyl halides is 3. The molecular weight excluding hydrogens is 269 g/mol. The van der Waals surface area contributed by atoms with Gasteiger partial charge in [0, 0.05) is 13.1 Å². The lowest BCUT2D eigenvalue weighted by atomic mass is 9.95. The van der Waals surface area contributed by atoms with Crippen LogP contribution in [0.1, 0.15) is 18.1 Å². The van der Waals surface area contributed by atoms with Gasteiger partial charge in [0.2, 0.25) is 5.91 Å². The van der Waals surface area contributed by atoms with E-state index in [9.17, 15) is 18.0 Å². The molecule has 1 heterocycles. The fourth-order valence-corrected chi connectivity index (χ4v) is 2.41. The number of benzene rings is 1. The molecule has 0 aromatic heterocycles. The Kier molecular flexibility index (Phi) is 4.32. The molecule has 1 aliphatic rings. The molecular formula is C14H17F3N2O. The highest BCUT2D eigenvalue weighted by Gasteiger charge is 2.35. The number of likely N-dealkylation sites (N-methyl/N-ethyl adjacent to an activating group) is 1. The lowest BCUT2D eigenvalue weighted by molar-refractivity contribution is -0.162. The van der Waals surface area contributed by atoms with Crippen molar-refractivity contribution in [2.75, 3.05) is 13.1 Å². The Morgan fingerprint density at radius 3 is 2.60 bits per heavy atom. The van der Waals surface area contributed by atoms with Crippen molar-refractivity contribution in [2.24, 2.45) is 0 Å². The molecule has 0 fully saturated rings. The number of fused-ring (bicyclic) bond motifs is 1. The average molecular weight is 286 g/mol. The van der Waals surface area contributed by atoms with Crippen molar-refractivity contribution in [1.82, 2.24) is 10.2 Å².